The molecule has 0 radical (unpaired) electrons. The largest absolute Gasteiger partial charge is 0.431 e. The second kappa shape index (κ2) is 18.9. The number of oxazole rings is 1. The van der Waals surface area contributed by atoms with Crippen molar-refractivity contribution >= 4 is 23.6 Å². The monoisotopic (exact) mass is 769 g/mol. The van der Waals surface area contributed by atoms with Crippen LogP contribution in [0.4, 0.5) is 0 Å². The number of hydrogen-bond donors (Lipinski definition) is 4. The molecule has 11 heteroatoms. The molecule has 1 aliphatic rings. The molecule has 10 nitrogen and oxygen atoms in total. The van der Waals surface area contributed by atoms with E-state index in [1.54, 1.807) is 5.48 Å². The molecule has 6 aromatic rings. The van der Waals surface area contributed by atoms with Crippen molar-refractivity contribution in [2.75, 3.05) is 5.75 Å². The van der Waals surface area contributed by atoms with E-state index >= 15 is 0 Å². The van der Waals surface area contributed by atoms with Gasteiger partial charge in [-0.3, -0.25) is 14.8 Å². The third-order valence-electron chi connectivity index (χ3n) is 9.56. The Hall–Kier alpha value is -5.56. The van der Waals surface area contributed by atoms with Crippen LogP contribution in [0.2, 0.25) is 0 Å². The highest BCUT2D eigenvalue weighted by Crippen LogP contribution is 2.41. The van der Waals surface area contributed by atoms with Crippen molar-refractivity contribution in [1.29, 1.82) is 0 Å². The Morgan fingerprint density at radius 1 is 0.714 bits per heavy atom. The van der Waals surface area contributed by atoms with Crippen molar-refractivity contribution in [3.63, 3.8) is 0 Å². The lowest BCUT2D eigenvalue weighted by molar-refractivity contribution is -0.245. The highest BCUT2D eigenvalue weighted by atomic mass is 32.2. The number of aliphatic hydroxyl groups is 1. The number of ether oxygens (including phenoxy) is 2. The van der Waals surface area contributed by atoms with Gasteiger partial charge in [0.1, 0.15) is 5.69 Å². The standard InChI is InChI=1S/C45H43N3O7S/c49-28-30-17-19-33(20-18-30)39-26-38(29-56-45-47-42(34-10-3-1-4-11-34)43(55-45)35-12-5-2-6-13-35)53-44(54-39)36-23-21-32(22-24-36)37-14-7-9-31(25-37)27-46-40(50)15-8-16-41(51)48-52/h1-7,9-14,17-25,38-39,44,49,52H,8,15-16,26-29H2,(H,46,50)(H,48,51). The van der Waals surface area contributed by atoms with E-state index in [-0.39, 0.29) is 37.6 Å². The minimum Gasteiger partial charge on any atom is -0.431 e. The van der Waals surface area contributed by atoms with E-state index in [4.69, 9.17) is 24.1 Å². The molecule has 0 saturated carbocycles. The molecule has 7 rings (SSSR count). The predicted octanol–water partition coefficient (Wildman–Crippen LogP) is 8.80. The van der Waals surface area contributed by atoms with Crippen LogP contribution in [0.5, 0.6) is 0 Å². The van der Waals surface area contributed by atoms with Crippen molar-refractivity contribution in [3.05, 3.63) is 156 Å². The maximum absolute atomic E-state index is 12.3. The number of rotatable bonds is 15. The topological polar surface area (TPSA) is 143 Å². The Labute approximate surface area is 329 Å². The fourth-order valence-corrected chi connectivity index (χ4v) is 7.42. The summed E-state index contributed by atoms with van der Waals surface area (Å²) in [5.41, 5.74) is 9.99. The maximum Gasteiger partial charge on any atom is 0.256 e. The highest BCUT2D eigenvalue weighted by molar-refractivity contribution is 7.99. The minimum absolute atomic E-state index is 0.0276. The van der Waals surface area contributed by atoms with E-state index in [1.807, 2.05) is 133 Å². The van der Waals surface area contributed by atoms with E-state index in [0.717, 1.165) is 56.0 Å². The van der Waals surface area contributed by atoms with Crippen LogP contribution in [0.15, 0.2) is 143 Å². The van der Waals surface area contributed by atoms with Crippen molar-refractivity contribution in [2.24, 2.45) is 0 Å². The van der Waals surface area contributed by atoms with Gasteiger partial charge in [-0.15, -0.1) is 0 Å². The predicted molar refractivity (Wildman–Crippen MR) is 214 cm³/mol. The molecule has 2 heterocycles. The van der Waals surface area contributed by atoms with Crippen LogP contribution in [0.25, 0.3) is 33.7 Å². The Morgan fingerprint density at radius 3 is 2.11 bits per heavy atom. The van der Waals surface area contributed by atoms with Crippen molar-refractivity contribution in [1.82, 2.24) is 15.8 Å². The van der Waals surface area contributed by atoms with Gasteiger partial charge in [0.2, 0.25) is 11.8 Å². The third kappa shape index (κ3) is 9.99. The molecule has 1 aromatic heterocycles. The van der Waals surface area contributed by atoms with Gasteiger partial charge in [0, 0.05) is 48.3 Å². The number of amides is 2. The molecule has 56 heavy (non-hydrogen) atoms. The van der Waals surface area contributed by atoms with Gasteiger partial charge in [-0.05, 0) is 40.3 Å². The molecule has 1 fully saturated rings. The number of nitrogens with one attached hydrogen (secondary N) is 2. The maximum atomic E-state index is 12.3. The van der Waals surface area contributed by atoms with E-state index in [9.17, 15) is 14.7 Å². The SMILES string of the molecule is O=C(CCCC(=O)NCc1cccc(-c2ccc(C3OC(CSc4nc(-c5ccccc5)c(-c5ccccc5)o4)CC(c4ccc(CO)cc4)O3)cc2)c1)NO. The number of carbonyl (C=O) groups is 2. The van der Waals surface area contributed by atoms with Gasteiger partial charge in [-0.2, -0.15) is 0 Å². The molecular formula is C45H43N3O7S. The van der Waals surface area contributed by atoms with E-state index in [2.05, 4.69) is 5.32 Å². The lowest BCUT2D eigenvalue weighted by atomic mass is 9.99. The number of benzene rings is 5. The minimum atomic E-state index is -0.625. The summed E-state index contributed by atoms with van der Waals surface area (Å²) in [6.07, 6.45) is 0.194. The average molecular weight is 770 g/mol. The number of nitrogens with zero attached hydrogens (tertiary/aromatic N) is 1. The normalized spacial score (nSPS) is 16.6. The number of carbonyl (C=O) groups excluding carboxylic acids is 2. The Balaban J connectivity index is 1.05. The zero-order chi connectivity index (χ0) is 38.7. The van der Waals surface area contributed by atoms with Crippen molar-refractivity contribution in [3.8, 4) is 33.7 Å². The first-order valence-corrected chi connectivity index (χ1v) is 19.6. The van der Waals surface area contributed by atoms with Crippen LogP contribution < -0.4 is 10.8 Å². The fourth-order valence-electron chi connectivity index (χ4n) is 6.57. The second-order valence-electron chi connectivity index (χ2n) is 13.5. The molecule has 0 spiro atoms. The van der Waals surface area contributed by atoms with Gasteiger partial charge < -0.3 is 24.3 Å². The molecule has 3 unspecified atom stereocenters. The summed E-state index contributed by atoms with van der Waals surface area (Å²) in [6.45, 7) is 0.329. The van der Waals surface area contributed by atoms with Crippen LogP contribution >= 0.6 is 11.8 Å². The first-order valence-electron chi connectivity index (χ1n) is 18.6. The van der Waals surface area contributed by atoms with Crippen molar-refractivity contribution in [2.45, 2.75) is 62.6 Å². The average Bonchev–Trinajstić information content (AvgIpc) is 3.70. The first kappa shape index (κ1) is 38.7. The number of hydrogen-bond acceptors (Lipinski definition) is 9. The summed E-state index contributed by atoms with van der Waals surface area (Å²) in [5.74, 6) is 0.646. The molecule has 5 aromatic carbocycles. The van der Waals surface area contributed by atoms with E-state index in [1.165, 1.54) is 11.8 Å². The zero-order valence-electron chi connectivity index (χ0n) is 30.7. The number of hydroxylamine groups is 1. The first-order chi connectivity index (χ1) is 27.4. The molecule has 4 N–H and O–H groups in total. The molecule has 0 aliphatic carbocycles. The van der Waals surface area contributed by atoms with Crippen LogP contribution in [0.1, 0.15) is 60.3 Å². The smallest absolute Gasteiger partial charge is 0.256 e. The zero-order valence-corrected chi connectivity index (χ0v) is 31.5. The van der Waals surface area contributed by atoms with Gasteiger partial charge in [-0.1, -0.05) is 139 Å². The van der Waals surface area contributed by atoms with Gasteiger partial charge in [0.15, 0.2) is 12.1 Å². The number of thioether (sulfide) groups is 1. The van der Waals surface area contributed by atoms with Gasteiger partial charge >= 0.3 is 0 Å². The number of aliphatic hydroxyl groups excluding tert-OH is 1. The Morgan fingerprint density at radius 2 is 1.39 bits per heavy atom. The van der Waals surface area contributed by atoms with Gasteiger partial charge in [0.25, 0.3) is 5.22 Å². The van der Waals surface area contributed by atoms with Crippen LogP contribution in [0.3, 0.4) is 0 Å². The second-order valence-corrected chi connectivity index (χ2v) is 14.5. The van der Waals surface area contributed by atoms with E-state index < -0.39 is 12.2 Å². The molecule has 286 valence electrons. The third-order valence-corrected chi connectivity index (χ3v) is 10.5. The highest BCUT2D eigenvalue weighted by Gasteiger charge is 2.33. The van der Waals surface area contributed by atoms with Crippen molar-refractivity contribution < 1.29 is 33.8 Å². The molecule has 3 atom stereocenters. The van der Waals surface area contributed by atoms with Crippen LogP contribution in [0, 0.1) is 0 Å². The quantitative estimate of drug-likeness (QED) is 0.0458. The lowest BCUT2D eigenvalue weighted by Crippen LogP contribution is -2.31. The van der Waals surface area contributed by atoms with Gasteiger partial charge in [0.05, 0.1) is 18.8 Å². The summed E-state index contributed by atoms with van der Waals surface area (Å²) in [4.78, 5) is 28.4. The molecule has 1 aliphatic heterocycles. The van der Waals surface area contributed by atoms with Gasteiger partial charge in [-0.25, -0.2) is 10.5 Å². The Bertz CT molecular complexity index is 2140. The number of aromatic nitrogens is 1. The molecular weight excluding hydrogens is 727 g/mol. The molecule has 1 saturated heterocycles. The Kier molecular flexibility index (Phi) is 13.0. The summed E-state index contributed by atoms with van der Waals surface area (Å²) in [6, 6.07) is 44.0. The molecule has 0 bridgehead atoms. The molecule has 2 amide bonds. The van der Waals surface area contributed by atoms with Crippen LogP contribution in [-0.2, 0) is 32.2 Å². The summed E-state index contributed by atoms with van der Waals surface area (Å²) in [5, 5.41) is 21.7. The summed E-state index contributed by atoms with van der Waals surface area (Å²) < 4.78 is 19.7. The summed E-state index contributed by atoms with van der Waals surface area (Å²) in [7, 11) is 0. The van der Waals surface area contributed by atoms with E-state index in [0.29, 0.717) is 30.4 Å². The lowest BCUT2D eigenvalue weighted by Gasteiger charge is -2.36. The van der Waals surface area contributed by atoms with Crippen LogP contribution in [-0.4, -0.2) is 39.0 Å². The fraction of sp³-hybridized carbons (Fsp3) is 0.222. The summed E-state index contributed by atoms with van der Waals surface area (Å²) >= 11 is 1.52.